The lowest BCUT2D eigenvalue weighted by atomic mass is 10.0. The van der Waals surface area contributed by atoms with Crippen LogP contribution in [0.15, 0.2) is 83.3 Å². The molecule has 3 aromatic carbocycles. The van der Waals surface area contributed by atoms with Crippen LogP contribution in [0.3, 0.4) is 0 Å². The van der Waals surface area contributed by atoms with Crippen LogP contribution in [-0.4, -0.2) is 17.4 Å². The fraction of sp³-hybridized carbons (Fsp3) is 0.208. The van der Waals surface area contributed by atoms with Gasteiger partial charge in [0.2, 0.25) is 5.91 Å². The molecule has 0 aromatic heterocycles. The van der Waals surface area contributed by atoms with Crippen molar-refractivity contribution in [2.24, 2.45) is 0 Å². The van der Waals surface area contributed by atoms with Crippen LogP contribution >= 0.6 is 27.5 Å². The highest BCUT2D eigenvalue weighted by atomic mass is 79.9. The van der Waals surface area contributed by atoms with Gasteiger partial charge in [0.1, 0.15) is 6.04 Å². The van der Waals surface area contributed by atoms with Crippen molar-refractivity contribution in [3.8, 4) is 0 Å². The third kappa shape index (κ3) is 4.49. The Bertz CT molecular complexity index is 978. The fourth-order valence-electron chi connectivity index (χ4n) is 3.91. The van der Waals surface area contributed by atoms with E-state index in [4.69, 9.17) is 11.6 Å². The lowest BCUT2D eigenvalue weighted by Crippen LogP contribution is -2.37. The van der Waals surface area contributed by atoms with E-state index in [9.17, 15) is 4.79 Å². The van der Waals surface area contributed by atoms with Crippen LogP contribution in [0, 0.1) is 0 Å². The first kappa shape index (κ1) is 20.0. The number of amides is 1. The van der Waals surface area contributed by atoms with E-state index in [1.165, 1.54) is 0 Å². The lowest BCUT2D eigenvalue weighted by molar-refractivity contribution is -0.133. The minimum Gasteiger partial charge on any atom is -0.370 e. The molecule has 1 aliphatic heterocycles. The Hall–Kier alpha value is -2.30. The minimum absolute atomic E-state index is 0.00622. The maximum Gasteiger partial charge on any atom is 0.250 e. The molecular weight excluding hydrogens is 448 g/mol. The maximum atomic E-state index is 13.7. The first-order valence-corrected chi connectivity index (χ1v) is 10.9. The zero-order chi connectivity index (χ0) is 20.2. The molecule has 4 rings (SSSR count). The van der Waals surface area contributed by atoms with E-state index in [1.54, 1.807) is 0 Å². The third-order valence-corrected chi connectivity index (χ3v) is 6.21. The van der Waals surface area contributed by atoms with Gasteiger partial charge in [-0.3, -0.25) is 4.79 Å². The summed E-state index contributed by atoms with van der Waals surface area (Å²) >= 11 is 9.94. The highest BCUT2D eigenvalue weighted by Gasteiger charge is 2.35. The van der Waals surface area contributed by atoms with Crippen molar-refractivity contribution >= 4 is 39.1 Å². The van der Waals surface area contributed by atoms with Crippen LogP contribution < -0.4 is 5.32 Å². The molecule has 1 N–H and O–H groups in total. The number of nitrogens with one attached hydrogen (secondary N) is 1. The monoisotopic (exact) mass is 468 g/mol. The number of hydrogen-bond donors (Lipinski definition) is 1. The quantitative estimate of drug-likeness (QED) is 0.455. The number of benzene rings is 3. The molecule has 5 heteroatoms. The molecule has 1 saturated heterocycles. The molecule has 0 spiro atoms. The van der Waals surface area contributed by atoms with Crippen molar-refractivity contribution in [1.29, 1.82) is 0 Å². The zero-order valence-corrected chi connectivity index (χ0v) is 18.2. The molecule has 2 unspecified atom stereocenters. The van der Waals surface area contributed by atoms with Gasteiger partial charge in [0, 0.05) is 21.7 Å². The van der Waals surface area contributed by atoms with Crippen molar-refractivity contribution in [3.05, 3.63) is 99.5 Å². The van der Waals surface area contributed by atoms with E-state index in [1.807, 2.05) is 83.8 Å². The van der Waals surface area contributed by atoms with Gasteiger partial charge in [0.15, 0.2) is 0 Å². The van der Waals surface area contributed by atoms with Crippen LogP contribution in [0.4, 0.5) is 5.69 Å². The number of rotatable bonds is 5. The largest absolute Gasteiger partial charge is 0.370 e. The van der Waals surface area contributed by atoms with Gasteiger partial charge in [0.05, 0.1) is 6.04 Å². The van der Waals surface area contributed by atoms with Gasteiger partial charge in [-0.2, -0.15) is 0 Å². The van der Waals surface area contributed by atoms with Gasteiger partial charge in [-0.05, 0) is 54.3 Å². The third-order valence-electron chi connectivity index (χ3n) is 5.34. The second-order valence-corrected chi connectivity index (χ2v) is 8.53. The second kappa shape index (κ2) is 9.02. The summed E-state index contributed by atoms with van der Waals surface area (Å²) in [6, 6.07) is 25.2. The van der Waals surface area contributed by atoms with Crippen molar-refractivity contribution in [2.45, 2.75) is 24.9 Å². The summed E-state index contributed by atoms with van der Waals surface area (Å²) in [6.07, 6.45) is 1.90. The molecule has 0 saturated carbocycles. The summed E-state index contributed by atoms with van der Waals surface area (Å²) in [7, 11) is 0. The van der Waals surface area contributed by atoms with E-state index in [0.717, 1.165) is 40.7 Å². The average Bonchev–Trinajstić information content (AvgIpc) is 3.23. The number of carbonyl (C=O) groups is 1. The lowest BCUT2D eigenvalue weighted by Gasteiger charge is -2.30. The molecule has 2 atom stereocenters. The highest BCUT2D eigenvalue weighted by Crippen LogP contribution is 2.38. The Balaban J connectivity index is 1.67. The van der Waals surface area contributed by atoms with Crippen molar-refractivity contribution < 1.29 is 4.79 Å². The molecule has 148 valence electrons. The number of anilines is 1. The Morgan fingerprint density at radius 2 is 1.69 bits per heavy atom. The smallest absolute Gasteiger partial charge is 0.250 e. The first-order valence-electron chi connectivity index (χ1n) is 9.75. The molecule has 1 heterocycles. The summed E-state index contributed by atoms with van der Waals surface area (Å²) in [5, 5.41) is 4.15. The molecule has 1 aliphatic rings. The molecule has 1 amide bonds. The van der Waals surface area contributed by atoms with Gasteiger partial charge in [-0.25, -0.2) is 0 Å². The Morgan fingerprint density at radius 1 is 1.00 bits per heavy atom. The summed E-state index contributed by atoms with van der Waals surface area (Å²) < 4.78 is 0.988. The van der Waals surface area contributed by atoms with E-state index < -0.39 is 6.04 Å². The molecule has 29 heavy (non-hydrogen) atoms. The molecular formula is C24H22BrClN2O. The number of carbonyl (C=O) groups excluding carboxylic acids is 1. The Kier molecular flexibility index (Phi) is 6.22. The van der Waals surface area contributed by atoms with Gasteiger partial charge in [0.25, 0.3) is 0 Å². The van der Waals surface area contributed by atoms with Gasteiger partial charge >= 0.3 is 0 Å². The zero-order valence-electron chi connectivity index (χ0n) is 15.9. The normalized spacial score (nSPS) is 17.2. The van der Waals surface area contributed by atoms with Crippen LogP contribution in [0.1, 0.15) is 36.1 Å². The van der Waals surface area contributed by atoms with Gasteiger partial charge < -0.3 is 10.2 Å². The number of nitrogens with zero attached hydrogens (tertiary/aromatic N) is 1. The molecule has 1 fully saturated rings. The van der Waals surface area contributed by atoms with Crippen molar-refractivity contribution in [3.63, 3.8) is 0 Å². The maximum absolute atomic E-state index is 13.7. The van der Waals surface area contributed by atoms with Crippen LogP contribution in [0.2, 0.25) is 5.02 Å². The van der Waals surface area contributed by atoms with E-state index >= 15 is 0 Å². The number of hydrogen-bond acceptors (Lipinski definition) is 2. The van der Waals surface area contributed by atoms with E-state index in [-0.39, 0.29) is 11.9 Å². The molecule has 0 bridgehead atoms. The summed E-state index contributed by atoms with van der Waals surface area (Å²) in [6.45, 7) is 0.734. The SMILES string of the molecule is O=C(C(Nc1ccccc1)c1ccc(Br)cc1)N1CCCC1c1ccccc1Cl. The minimum atomic E-state index is -0.464. The first-order chi connectivity index (χ1) is 14.1. The Morgan fingerprint density at radius 3 is 2.41 bits per heavy atom. The molecule has 0 aliphatic carbocycles. The van der Waals surface area contributed by atoms with E-state index in [2.05, 4.69) is 21.2 Å². The number of para-hydroxylation sites is 1. The predicted molar refractivity (Wildman–Crippen MR) is 122 cm³/mol. The van der Waals surface area contributed by atoms with Crippen molar-refractivity contribution in [1.82, 2.24) is 4.90 Å². The Labute approximate surface area is 184 Å². The molecule has 3 nitrogen and oxygen atoms in total. The predicted octanol–water partition coefficient (Wildman–Crippen LogP) is 6.62. The fourth-order valence-corrected chi connectivity index (χ4v) is 4.43. The second-order valence-electron chi connectivity index (χ2n) is 7.21. The molecule has 0 radical (unpaired) electrons. The average molecular weight is 470 g/mol. The highest BCUT2D eigenvalue weighted by molar-refractivity contribution is 9.10. The van der Waals surface area contributed by atoms with Crippen LogP contribution in [0.25, 0.3) is 0 Å². The topological polar surface area (TPSA) is 32.3 Å². The van der Waals surface area contributed by atoms with Gasteiger partial charge in [-0.1, -0.05) is 76.1 Å². The standard InChI is InChI=1S/C24H22BrClN2O/c25-18-14-12-17(13-15-18)23(27-19-7-2-1-3-8-19)24(29)28-16-6-11-22(28)20-9-4-5-10-21(20)26/h1-5,7-10,12-15,22-23,27H,6,11,16H2. The van der Waals surface area contributed by atoms with E-state index in [0.29, 0.717) is 5.02 Å². The van der Waals surface area contributed by atoms with Gasteiger partial charge in [-0.15, -0.1) is 0 Å². The summed E-state index contributed by atoms with van der Waals surface area (Å²) in [5.41, 5.74) is 2.88. The molecule has 3 aromatic rings. The number of halogens is 2. The van der Waals surface area contributed by atoms with Crippen molar-refractivity contribution in [2.75, 3.05) is 11.9 Å². The van der Waals surface area contributed by atoms with Crippen LogP contribution in [0.5, 0.6) is 0 Å². The number of likely N-dealkylation sites (tertiary alicyclic amines) is 1. The summed E-state index contributed by atoms with van der Waals surface area (Å²) in [4.78, 5) is 15.7. The summed E-state index contributed by atoms with van der Waals surface area (Å²) in [5.74, 6) is 0.0681. The van der Waals surface area contributed by atoms with Crippen LogP contribution in [-0.2, 0) is 4.79 Å².